The van der Waals surface area contributed by atoms with Crippen molar-refractivity contribution in [2.75, 3.05) is 10.5 Å². The van der Waals surface area contributed by atoms with E-state index >= 15 is 0 Å². The van der Waals surface area contributed by atoms with E-state index in [9.17, 15) is 8.42 Å². The van der Waals surface area contributed by atoms with Gasteiger partial charge in [0.2, 0.25) is 10.0 Å². The largest absolute Gasteiger partial charge is 0.283 e. The zero-order chi connectivity index (χ0) is 21.1. The van der Waals surface area contributed by atoms with Crippen LogP contribution < -0.4 is 4.72 Å². The number of nitrogens with one attached hydrogen (secondary N) is 1. The highest BCUT2D eigenvalue weighted by molar-refractivity contribution is 7.92. The molecule has 0 saturated heterocycles. The quantitative estimate of drug-likeness (QED) is 0.458. The summed E-state index contributed by atoms with van der Waals surface area (Å²) in [4.78, 5) is 9.74. The van der Waals surface area contributed by atoms with Crippen LogP contribution >= 0.6 is 0 Å². The number of aromatic nitrogens is 2. The van der Waals surface area contributed by atoms with E-state index in [4.69, 9.17) is 9.97 Å². The summed E-state index contributed by atoms with van der Waals surface area (Å²) in [6.45, 7) is 3.75. The highest BCUT2D eigenvalue weighted by atomic mass is 32.2. The van der Waals surface area contributed by atoms with Crippen LogP contribution in [0, 0.1) is 5.92 Å². The van der Waals surface area contributed by atoms with Crippen molar-refractivity contribution in [3.05, 3.63) is 78.9 Å². The second kappa shape index (κ2) is 8.24. The van der Waals surface area contributed by atoms with E-state index in [0.29, 0.717) is 16.7 Å². The van der Waals surface area contributed by atoms with E-state index in [0.717, 1.165) is 22.5 Å². The van der Waals surface area contributed by atoms with E-state index in [1.54, 1.807) is 18.2 Å². The Morgan fingerprint density at radius 1 is 0.767 bits per heavy atom. The standard InChI is InChI=1S/C24H23N3O2S/c1-17(2)16-30(28,29)27-20-13-14-21-22(15-20)26-24(19-11-7-4-8-12-19)23(25-21)18-9-5-3-6-10-18/h3-15,17,27H,16H2,1-2H3. The monoisotopic (exact) mass is 417 g/mol. The number of nitrogens with zero attached hydrogens (tertiary/aromatic N) is 2. The Balaban J connectivity index is 1.84. The lowest BCUT2D eigenvalue weighted by Gasteiger charge is -2.13. The molecule has 4 rings (SSSR count). The Bertz CT molecular complexity index is 1270. The van der Waals surface area contributed by atoms with Crippen LogP contribution in [0.5, 0.6) is 0 Å². The van der Waals surface area contributed by atoms with Crippen LogP contribution in [0.2, 0.25) is 0 Å². The molecule has 4 aromatic rings. The van der Waals surface area contributed by atoms with Crippen LogP contribution in [-0.2, 0) is 10.0 Å². The number of anilines is 1. The van der Waals surface area contributed by atoms with Gasteiger partial charge in [0.15, 0.2) is 0 Å². The van der Waals surface area contributed by atoms with E-state index in [1.807, 2.05) is 74.5 Å². The summed E-state index contributed by atoms with van der Waals surface area (Å²) >= 11 is 0. The predicted molar refractivity (Wildman–Crippen MR) is 123 cm³/mol. The van der Waals surface area contributed by atoms with Gasteiger partial charge in [-0.15, -0.1) is 0 Å². The first kappa shape index (κ1) is 20.0. The van der Waals surface area contributed by atoms with Crippen LogP contribution in [0.3, 0.4) is 0 Å². The lowest BCUT2D eigenvalue weighted by molar-refractivity contribution is 0.587. The van der Waals surface area contributed by atoms with Gasteiger partial charge in [-0.1, -0.05) is 74.5 Å². The van der Waals surface area contributed by atoms with Crippen LogP contribution in [0.1, 0.15) is 13.8 Å². The molecule has 0 atom stereocenters. The van der Waals surface area contributed by atoms with Crippen LogP contribution in [-0.4, -0.2) is 24.1 Å². The number of rotatable bonds is 6. The summed E-state index contributed by atoms with van der Waals surface area (Å²) in [5.74, 6) is 0.111. The van der Waals surface area contributed by atoms with Gasteiger partial charge in [0.05, 0.1) is 33.9 Å². The minimum atomic E-state index is -3.41. The molecule has 0 saturated carbocycles. The molecule has 5 nitrogen and oxygen atoms in total. The third kappa shape index (κ3) is 4.49. The zero-order valence-corrected chi connectivity index (χ0v) is 17.7. The summed E-state index contributed by atoms with van der Waals surface area (Å²) in [6, 6.07) is 25.1. The van der Waals surface area contributed by atoms with Gasteiger partial charge in [0.25, 0.3) is 0 Å². The van der Waals surface area contributed by atoms with E-state index in [2.05, 4.69) is 4.72 Å². The molecule has 0 fully saturated rings. The van der Waals surface area contributed by atoms with Crippen molar-refractivity contribution in [2.45, 2.75) is 13.8 Å². The molecule has 0 aliphatic rings. The van der Waals surface area contributed by atoms with Gasteiger partial charge >= 0.3 is 0 Å². The molecule has 0 unspecified atom stereocenters. The predicted octanol–water partition coefficient (Wildman–Crippen LogP) is 5.36. The molecule has 0 bridgehead atoms. The molecule has 0 radical (unpaired) electrons. The summed E-state index contributed by atoms with van der Waals surface area (Å²) in [5, 5.41) is 0. The molecule has 152 valence electrons. The molecule has 1 aromatic heterocycles. The van der Waals surface area contributed by atoms with Gasteiger partial charge in [0.1, 0.15) is 0 Å². The molecule has 0 aliphatic heterocycles. The third-order valence-corrected chi connectivity index (χ3v) is 6.24. The van der Waals surface area contributed by atoms with Crippen molar-refractivity contribution in [3.63, 3.8) is 0 Å². The average molecular weight is 418 g/mol. The first-order chi connectivity index (χ1) is 14.4. The van der Waals surface area contributed by atoms with Gasteiger partial charge in [-0.3, -0.25) is 4.72 Å². The number of hydrogen-bond acceptors (Lipinski definition) is 4. The average Bonchev–Trinajstić information content (AvgIpc) is 2.73. The molecule has 30 heavy (non-hydrogen) atoms. The Morgan fingerprint density at radius 2 is 1.30 bits per heavy atom. The minimum absolute atomic E-state index is 0.0425. The van der Waals surface area contributed by atoms with Gasteiger partial charge in [0, 0.05) is 11.1 Å². The van der Waals surface area contributed by atoms with E-state index in [-0.39, 0.29) is 11.7 Å². The fourth-order valence-electron chi connectivity index (χ4n) is 3.37. The van der Waals surface area contributed by atoms with E-state index in [1.165, 1.54) is 0 Å². The van der Waals surface area contributed by atoms with Crippen LogP contribution in [0.4, 0.5) is 5.69 Å². The van der Waals surface area contributed by atoms with E-state index < -0.39 is 10.0 Å². The first-order valence-corrected chi connectivity index (χ1v) is 11.5. The lowest BCUT2D eigenvalue weighted by atomic mass is 10.0. The zero-order valence-electron chi connectivity index (χ0n) is 16.9. The fraction of sp³-hybridized carbons (Fsp3) is 0.167. The van der Waals surface area contributed by atoms with Gasteiger partial charge < -0.3 is 0 Å². The summed E-state index contributed by atoms with van der Waals surface area (Å²) in [5.41, 5.74) is 5.32. The number of fused-ring (bicyclic) bond motifs is 1. The normalized spacial score (nSPS) is 11.7. The fourth-order valence-corrected chi connectivity index (χ4v) is 4.82. The SMILES string of the molecule is CC(C)CS(=O)(=O)Nc1ccc2nc(-c3ccccc3)c(-c3ccccc3)nc2c1. The van der Waals surface area contributed by atoms with Gasteiger partial charge in [-0.25, -0.2) is 18.4 Å². The summed E-state index contributed by atoms with van der Waals surface area (Å²) in [7, 11) is -3.41. The van der Waals surface area contributed by atoms with Crippen molar-refractivity contribution >= 4 is 26.7 Å². The van der Waals surface area contributed by atoms with Crippen molar-refractivity contribution < 1.29 is 8.42 Å². The Morgan fingerprint density at radius 3 is 1.83 bits per heavy atom. The lowest BCUT2D eigenvalue weighted by Crippen LogP contribution is -2.20. The van der Waals surface area contributed by atoms with Crippen molar-refractivity contribution in [1.29, 1.82) is 0 Å². The number of sulfonamides is 1. The van der Waals surface area contributed by atoms with Crippen LogP contribution in [0.25, 0.3) is 33.5 Å². The highest BCUT2D eigenvalue weighted by Crippen LogP contribution is 2.31. The Labute approximate surface area is 176 Å². The molecule has 6 heteroatoms. The smallest absolute Gasteiger partial charge is 0.232 e. The molecule has 0 aliphatic carbocycles. The van der Waals surface area contributed by atoms with Crippen molar-refractivity contribution in [2.24, 2.45) is 5.92 Å². The molecule has 0 amide bonds. The molecular formula is C24H23N3O2S. The molecular weight excluding hydrogens is 394 g/mol. The van der Waals surface area contributed by atoms with Gasteiger partial charge in [-0.2, -0.15) is 0 Å². The van der Waals surface area contributed by atoms with Crippen LogP contribution in [0.15, 0.2) is 78.9 Å². The minimum Gasteiger partial charge on any atom is -0.283 e. The molecule has 3 aromatic carbocycles. The summed E-state index contributed by atoms with van der Waals surface area (Å²) < 4.78 is 27.3. The maximum absolute atomic E-state index is 12.3. The first-order valence-electron chi connectivity index (χ1n) is 9.84. The van der Waals surface area contributed by atoms with Crippen molar-refractivity contribution in [3.8, 4) is 22.5 Å². The van der Waals surface area contributed by atoms with Gasteiger partial charge in [-0.05, 0) is 24.1 Å². The van der Waals surface area contributed by atoms with Crippen molar-refractivity contribution in [1.82, 2.24) is 9.97 Å². The Hall–Kier alpha value is -3.25. The molecule has 1 N–H and O–H groups in total. The maximum Gasteiger partial charge on any atom is 0.232 e. The maximum atomic E-state index is 12.3. The Kier molecular flexibility index (Phi) is 5.50. The number of benzene rings is 3. The molecule has 0 spiro atoms. The molecule has 1 heterocycles. The number of hydrogen-bond donors (Lipinski definition) is 1. The topological polar surface area (TPSA) is 72.0 Å². The second-order valence-corrected chi connectivity index (χ2v) is 9.40. The highest BCUT2D eigenvalue weighted by Gasteiger charge is 2.16. The second-order valence-electron chi connectivity index (χ2n) is 7.63. The summed E-state index contributed by atoms with van der Waals surface area (Å²) in [6.07, 6.45) is 0. The third-order valence-electron chi connectivity index (χ3n) is 4.58.